The highest BCUT2D eigenvalue weighted by Gasteiger charge is 2.42. The van der Waals surface area contributed by atoms with E-state index >= 15 is 0 Å². The van der Waals surface area contributed by atoms with Crippen LogP contribution < -0.4 is 10.6 Å². The Morgan fingerprint density at radius 2 is 2.38 bits per heavy atom. The highest BCUT2D eigenvalue weighted by Crippen LogP contribution is 2.27. The summed E-state index contributed by atoms with van der Waals surface area (Å²) < 4.78 is 0. The van der Waals surface area contributed by atoms with E-state index in [9.17, 15) is 4.79 Å². The Bertz CT molecular complexity index is 318. The molecule has 2 aliphatic rings. The predicted octanol–water partition coefficient (Wildman–Crippen LogP) is 0.291. The molecule has 2 aliphatic heterocycles. The number of rotatable bonds is 1. The van der Waals surface area contributed by atoms with Gasteiger partial charge in [0.1, 0.15) is 5.38 Å². The van der Waals surface area contributed by atoms with E-state index in [0.717, 1.165) is 31.8 Å². The van der Waals surface area contributed by atoms with Crippen molar-refractivity contribution in [3.8, 4) is 0 Å². The summed E-state index contributed by atoms with van der Waals surface area (Å²) in [6.07, 6.45) is 0.978. The fourth-order valence-electron chi connectivity index (χ4n) is 2.45. The first-order valence-corrected chi connectivity index (χ1v) is 6.10. The molecule has 2 unspecified atom stereocenters. The largest absolute Gasteiger partial charge is 0.387 e. The van der Waals surface area contributed by atoms with E-state index in [1.807, 2.05) is 4.90 Å². The Kier molecular flexibility index (Phi) is 3.13. The fraction of sp³-hybridized carbons (Fsp3) is 0.727. The molecule has 2 N–H and O–H groups in total. The molecule has 16 heavy (non-hydrogen) atoms. The summed E-state index contributed by atoms with van der Waals surface area (Å²) in [4.78, 5) is 13.7. The molecule has 5 heteroatoms. The summed E-state index contributed by atoms with van der Waals surface area (Å²) in [5.41, 5.74) is 0.854. The minimum Gasteiger partial charge on any atom is -0.387 e. The van der Waals surface area contributed by atoms with Crippen LogP contribution in [0, 0.1) is 0 Å². The van der Waals surface area contributed by atoms with Gasteiger partial charge in [-0.15, -0.1) is 11.6 Å². The molecule has 2 saturated heterocycles. The van der Waals surface area contributed by atoms with Crippen LogP contribution in [0.1, 0.15) is 13.3 Å². The lowest BCUT2D eigenvalue weighted by Gasteiger charge is -2.41. The Hall–Kier alpha value is -0.740. The number of alkyl halides is 1. The standard InChI is InChI=1S/C11H18ClN3O/c1-8(12)10(16)15-6-5-14-11(7-15)3-4-13-9(11)2/h8,13-14H,2-7H2,1H3. The molecule has 2 fully saturated rings. The van der Waals surface area contributed by atoms with Crippen LogP contribution >= 0.6 is 11.6 Å². The summed E-state index contributed by atoms with van der Waals surface area (Å²) >= 11 is 5.84. The lowest BCUT2D eigenvalue weighted by atomic mass is 9.92. The second-order valence-corrected chi connectivity index (χ2v) is 5.19. The minimum atomic E-state index is -0.447. The third-order valence-corrected chi connectivity index (χ3v) is 3.61. The van der Waals surface area contributed by atoms with Crippen molar-refractivity contribution in [3.05, 3.63) is 12.3 Å². The van der Waals surface area contributed by atoms with Crippen molar-refractivity contribution in [2.24, 2.45) is 0 Å². The molecule has 2 atom stereocenters. The number of hydrogen-bond donors (Lipinski definition) is 2. The van der Waals surface area contributed by atoms with Crippen molar-refractivity contribution in [2.45, 2.75) is 24.3 Å². The van der Waals surface area contributed by atoms with Crippen LogP contribution in [-0.4, -0.2) is 47.9 Å². The lowest BCUT2D eigenvalue weighted by Crippen LogP contribution is -2.62. The van der Waals surface area contributed by atoms with Crippen LogP contribution in [0.15, 0.2) is 12.3 Å². The van der Waals surface area contributed by atoms with Gasteiger partial charge in [0.15, 0.2) is 0 Å². The Morgan fingerprint density at radius 3 is 2.94 bits per heavy atom. The number of halogens is 1. The number of carbonyl (C=O) groups excluding carboxylic acids is 1. The Morgan fingerprint density at radius 1 is 1.62 bits per heavy atom. The van der Waals surface area contributed by atoms with Crippen molar-refractivity contribution in [1.82, 2.24) is 15.5 Å². The van der Waals surface area contributed by atoms with E-state index < -0.39 is 5.38 Å². The van der Waals surface area contributed by atoms with Crippen molar-refractivity contribution < 1.29 is 4.79 Å². The molecular weight excluding hydrogens is 226 g/mol. The SMILES string of the molecule is C=C1NCCC12CN(C(=O)C(C)Cl)CCN2. The van der Waals surface area contributed by atoms with Crippen LogP contribution in [0.2, 0.25) is 0 Å². The van der Waals surface area contributed by atoms with Gasteiger partial charge in [0.05, 0.1) is 5.54 Å². The molecule has 0 aromatic rings. The van der Waals surface area contributed by atoms with Crippen LogP contribution in [0.5, 0.6) is 0 Å². The maximum absolute atomic E-state index is 11.9. The number of nitrogens with zero attached hydrogens (tertiary/aromatic N) is 1. The molecule has 0 saturated carbocycles. The van der Waals surface area contributed by atoms with E-state index in [1.54, 1.807) is 6.92 Å². The maximum Gasteiger partial charge on any atom is 0.240 e. The second kappa shape index (κ2) is 4.26. The topological polar surface area (TPSA) is 44.4 Å². The zero-order chi connectivity index (χ0) is 11.8. The molecule has 0 aromatic carbocycles. The maximum atomic E-state index is 11.9. The van der Waals surface area contributed by atoms with E-state index in [1.165, 1.54) is 0 Å². The Balaban J connectivity index is 2.10. The molecule has 0 radical (unpaired) electrons. The predicted molar refractivity (Wildman–Crippen MR) is 64.4 cm³/mol. The summed E-state index contributed by atoms with van der Waals surface area (Å²) in [6.45, 7) is 8.87. The van der Waals surface area contributed by atoms with Gasteiger partial charge in [-0.2, -0.15) is 0 Å². The average Bonchev–Trinajstić information content (AvgIpc) is 2.59. The number of piperazine rings is 1. The van der Waals surface area contributed by atoms with E-state index in [2.05, 4.69) is 17.2 Å². The van der Waals surface area contributed by atoms with Crippen molar-refractivity contribution >= 4 is 17.5 Å². The first-order chi connectivity index (χ1) is 7.55. The lowest BCUT2D eigenvalue weighted by molar-refractivity contribution is -0.132. The smallest absolute Gasteiger partial charge is 0.240 e. The van der Waals surface area contributed by atoms with Crippen molar-refractivity contribution in [2.75, 3.05) is 26.2 Å². The van der Waals surface area contributed by atoms with Gasteiger partial charge < -0.3 is 15.5 Å². The second-order valence-electron chi connectivity index (χ2n) is 4.54. The van der Waals surface area contributed by atoms with Crippen LogP contribution in [0.3, 0.4) is 0 Å². The molecule has 90 valence electrons. The van der Waals surface area contributed by atoms with Gasteiger partial charge in [0, 0.05) is 31.9 Å². The third-order valence-electron chi connectivity index (χ3n) is 3.43. The summed E-state index contributed by atoms with van der Waals surface area (Å²) in [6, 6.07) is 0. The summed E-state index contributed by atoms with van der Waals surface area (Å²) in [7, 11) is 0. The van der Waals surface area contributed by atoms with E-state index in [-0.39, 0.29) is 11.4 Å². The number of amides is 1. The zero-order valence-corrected chi connectivity index (χ0v) is 10.3. The number of carbonyl (C=O) groups is 1. The summed E-state index contributed by atoms with van der Waals surface area (Å²) in [5, 5.41) is 6.26. The molecule has 2 heterocycles. The van der Waals surface area contributed by atoms with Gasteiger partial charge in [-0.25, -0.2) is 0 Å². The number of hydrogen-bond acceptors (Lipinski definition) is 3. The van der Waals surface area contributed by atoms with Crippen molar-refractivity contribution in [3.63, 3.8) is 0 Å². The molecule has 0 bridgehead atoms. The van der Waals surface area contributed by atoms with Crippen LogP contribution in [0.4, 0.5) is 0 Å². The van der Waals surface area contributed by atoms with E-state index in [0.29, 0.717) is 6.54 Å². The molecule has 1 amide bonds. The fourth-order valence-corrected chi connectivity index (χ4v) is 2.59. The highest BCUT2D eigenvalue weighted by atomic mass is 35.5. The first kappa shape index (κ1) is 11.7. The molecule has 2 rings (SSSR count). The van der Waals surface area contributed by atoms with Gasteiger partial charge in [0.2, 0.25) is 5.91 Å². The first-order valence-electron chi connectivity index (χ1n) is 5.66. The zero-order valence-electron chi connectivity index (χ0n) is 9.55. The Labute approximate surface area is 101 Å². The quantitative estimate of drug-likeness (QED) is 0.651. The van der Waals surface area contributed by atoms with Gasteiger partial charge in [0.25, 0.3) is 0 Å². The third kappa shape index (κ3) is 1.92. The van der Waals surface area contributed by atoms with Crippen LogP contribution in [-0.2, 0) is 4.79 Å². The van der Waals surface area contributed by atoms with Gasteiger partial charge >= 0.3 is 0 Å². The van der Waals surface area contributed by atoms with Gasteiger partial charge in [-0.3, -0.25) is 4.79 Å². The number of nitrogens with one attached hydrogen (secondary N) is 2. The molecule has 0 aliphatic carbocycles. The summed E-state index contributed by atoms with van der Waals surface area (Å²) in [5.74, 6) is 0.0160. The van der Waals surface area contributed by atoms with Crippen molar-refractivity contribution in [1.29, 1.82) is 0 Å². The molecular formula is C11H18ClN3O. The normalized spacial score (nSPS) is 31.6. The molecule has 1 spiro atoms. The average molecular weight is 244 g/mol. The van der Waals surface area contributed by atoms with Crippen LogP contribution in [0.25, 0.3) is 0 Å². The van der Waals surface area contributed by atoms with E-state index in [4.69, 9.17) is 11.6 Å². The monoisotopic (exact) mass is 243 g/mol. The van der Waals surface area contributed by atoms with Gasteiger partial charge in [-0.05, 0) is 13.3 Å². The highest BCUT2D eigenvalue weighted by molar-refractivity contribution is 6.30. The minimum absolute atomic E-state index is 0.0160. The molecule has 4 nitrogen and oxygen atoms in total. The molecule has 0 aromatic heterocycles. The van der Waals surface area contributed by atoms with Gasteiger partial charge in [-0.1, -0.05) is 6.58 Å².